The van der Waals surface area contributed by atoms with Crippen LogP contribution in [0.5, 0.6) is 0 Å². The van der Waals surface area contributed by atoms with Gasteiger partial charge in [-0.1, -0.05) is 31.9 Å². The molecule has 1 aromatic carbocycles. The number of halogens is 1. The molecule has 1 aliphatic carbocycles. The van der Waals surface area contributed by atoms with E-state index in [1.807, 2.05) is 24.3 Å². The van der Waals surface area contributed by atoms with E-state index >= 15 is 0 Å². The zero-order valence-corrected chi connectivity index (χ0v) is 18.8. The third kappa shape index (κ3) is 6.78. The molecule has 0 radical (unpaired) electrons. The number of benzene rings is 1. The summed E-state index contributed by atoms with van der Waals surface area (Å²) in [6.45, 7) is 6.85. The Morgan fingerprint density at radius 2 is 1.77 bits per heavy atom. The maximum absolute atomic E-state index is 11.9. The van der Waals surface area contributed by atoms with Crippen LogP contribution in [-0.4, -0.2) is 44.0 Å². The van der Waals surface area contributed by atoms with Crippen molar-refractivity contribution < 1.29 is 4.79 Å². The zero-order valence-electron chi connectivity index (χ0n) is 16.5. The van der Waals surface area contributed by atoms with Crippen LogP contribution in [0.4, 0.5) is 0 Å². The first kappa shape index (κ1) is 22.7. The molecule has 0 unspecified atom stereocenters. The van der Waals surface area contributed by atoms with Crippen molar-refractivity contribution in [1.29, 1.82) is 0 Å². The summed E-state index contributed by atoms with van der Waals surface area (Å²) in [6, 6.07) is 7.68. The molecule has 1 aromatic rings. The Labute approximate surface area is 175 Å². The minimum atomic E-state index is 0. The third-order valence-electron chi connectivity index (χ3n) is 4.86. The van der Waals surface area contributed by atoms with Crippen LogP contribution >= 0.6 is 24.0 Å². The first-order valence-electron chi connectivity index (χ1n) is 9.26. The fraction of sp³-hybridized carbons (Fsp3) is 0.600. The van der Waals surface area contributed by atoms with E-state index in [2.05, 4.69) is 29.5 Å². The number of hydrogen-bond acceptors (Lipinski definition) is 2. The van der Waals surface area contributed by atoms with Crippen molar-refractivity contribution in [2.45, 2.75) is 46.1 Å². The number of carbonyl (C=O) groups is 1. The lowest BCUT2D eigenvalue weighted by Gasteiger charge is -2.25. The van der Waals surface area contributed by atoms with Gasteiger partial charge in [-0.25, -0.2) is 4.99 Å². The molecule has 1 fully saturated rings. The Morgan fingerprint density at radius 1 is 1.15 bits per heavy atom. The first-order valence-corrected chi connectivity index (χ1v) is 9.26. The van der Waals surface area contributed by atoms with E-state index in [0.29, 0.717) is 17.5 Å². The maximum Gasteiger partial charge on any atom is 0.253 e. The standard InChI is InChI=1S/C20H32N4O.HI/c1-5-21-19(23-15-20(2)12-6-7-13-20)22-14-16-8-10-17(11-9-16)18(25)24(3)4;/h8-11H,5-7,12-15H2,1-4H3,(H2,21,22,23);1H. The molecule has 0 bridgehead atoms. The van der Waals surface area contributed by atoms with Crippen molar-refractivity contribution in [3.8, 4) is 0 Å². The average Bonchev–Trinajstić information content (AvgIpc) is 3.04. The van der Waals surface area contributed by atoms with E-state index in [9.17, 15) is 4.79 Å². The van der Waals surface area contributed by atoms with Crippen LogP contribution in [0.1, 0.15) is 55.5 Å². The van der Waals surface area contributed by atoms with Gasteiger partial charge in [0, 0.05) is 32.7 Å². The van der Waals surface area contributed by atoms with Crippen molar-refractivity contribution in [2.24, 2.45) is 10.4 Å². The lowest BCUT2D eigenvalue weighted by molar-refractivity contribution is 0.0827. The van der Waals surface area contributed by atoms with Gasteiger partial charge in [-0.15, -0.1) is 24.0 Å². The van der Waals surface area contributed by atoms with Crippen molar-refractivity contribution >= 4 is 35.8 Å². The van der Waals surface area contributed by atoms with Crippen molar-refractivity contribution in [1.82, 2.24) is 15.5 Å². The van der Waals surface area contributed by atoms with Crippen LogP contribution in [-0.2, 0) is 6.54 Å². The summed E-state index contributed by atoms with van der Waals surface area (Å²) in [5.74, 6) is 0.888. The minimum Gasteiger partial charge on any atom is -0.357 e. The molecule has 0 atom stereocenters. The van der Waals surface area contributed by atoms with Crippen LogP contribution in [0.15, 0.2) is 29.3 Å². The van der Waals surface area contributed by atoms with Crippen molar-refractivity contribution in [3.05, 3.63) is 35.4 Å². The molecule has 0 aliphatic heterocycles. The summed E-state index contributed by atoms with van der Waals surface area (Å²) in [5, 5.41) is 6.81. The first-order chi connectivity index (χ1) is 11.9. The van der Waals surface area contributed by atoms with Crippen LogP contribution in [0.2, 0.25) is 0 Å². The van der Waals surface area contributed by atoms with Gasteiger partial charge >= 0.3 is 0 Å². The van der Waals surface area contributed by atoms with Gasteiger partial charge in [-0.05, 0) is 42.9 Å². The number of aliphatic imine (C=N–C) groups is 1. The van der Waals surface area contributed by atoms with Gasteiger partial charge in [0.2, 0.25) is 0 Å². The largest absolute Gasteiger partial charge is 0.357 e. The summed E-state index contributed by atoms with van der Waals surface area (Å²) in [4.78, 5) is 18.2. The van der Waals surface area contributed by atoms with E-state index in [1.54, 1.807) is 19.0 Å². The quantitative estimate of drug-likeness (QED) is 0.378. The lowest BCUT2D eigenvalue weighted by Crippen LogP contribution is -2.42. The summed E-state index contributed by atoms with van der Waals surface area (Å²) >= 11 is 0. The van der Waals surface area contributed by atoms with Gasteiger partial charge in [0.1, 0.15) is 0 Å². The molecule has 1 aliphatic rings. The molecule has 0 spiro atoms. The fourth-order valence-corrected chi connectivity index (χ4v) is 3.23. The van der Waals surface area contributed by atoms with E-state index in [1.165, 1.54) is 25.7 Å². The van der Waals surface area contributed by atoms with Crippen LogP contribution < -0.4 is 10.6 Å². The monoisotopic (exact) mass is 472 g/mol. The molecule has 1 saturated carbocycles. The average molecular weight is 472 g/mol. The Morgan fingerprint density at radius 3 is 2.31 bits per heavy atom. The van der Waals surface area contributed by atoms with Crippen molar-refractivity contribution in [2.75, 3.05) is 27.2 Å². The Hall–Kier alpha value is -1.31. The Balaban J connectivity index is 0.00000338. The molecule has 0 heterocycles. The van der Waals surface area contributed by atoms with Crippen LogP contribution in [0, 0.1) is 5.41 Å². The normalized spacial score (nSPS) is 15.9. The topological polar surface area (TPSA) is 56.7 Å². The third-order valence-corrected chi connectivity index (χ3v) is 4.86. The second kappa shape index (κ2) is 10.7. The van der Waals surface area contributed by atoms with Gasteiger partial charge < -0.3 is 15.5 Å². The molecule has 146 valence electrons. The number of guanidine groups is 1. The number of nitrogens with zero attached hydrogens (tertiary/aromatic N) is 2. The van der Waals surface area contributed by atoms with Crippen LogP contribution in [0.3, 0.4) is 0 Å². The summed E-state index contributed by atoms with van der Waals surface area (Å²) in [5.41, 5.74) is 2.20. The highest BCUT2D eigenvalue weighted by Crippen LogP contribution is 2.36. The van der Waals surface area contributed by atoms with Gasteiger partial charge in [-0.2, -0.15) is 0 Å². The summed E-state index contributed by atoms with van der Waals surface area (Å²) in [6.07, 6.45) is 5.26. The van der Waals surface area contributed by atoms with E-state index in [4.69, 9.17) is 0 Å². The predicted molar refractivity (Wildman–Crippen MR) is 119 cm³/mol. The van der Waals surface area contributed by atoms with E-state index < -0.39 is 0 Å². The Kier molecular flexibility index (Phi) is 9.39. The molecular formula is C20H33IN4O. The second-order valence-electron chi connectivity index (χ2n) is 7.46. The maximum atomic E-state index is 11.9. The number of carbonyl (C=O) groups excluding carboxylic acids is 1. The number of nitrogens with one attached hydrogen (secondary N) is 2. The Bertz CT molecular complexity index is 592. The fourth-order valence-electron chi connectivity index (χ4n) is 3.23. The lowest BCUT2D eigenvalue weighted by atomic mass is 9.89. The van der Waals surface area contributed by atoms with Crippen LogP contribution in [0.25, 0.3) is 0 Å². The van der Waals surface area contributed by atoms with Gasteiger partial charge in [0.25, 0.3) is 5.91 Å². The summed E-state index contributed by atoms with van der Waals surface area (Å²) in [7, 11) is 3.53. The minimum absolute atomic E-state index is 0. The van der Waals surface area contributed by atoms with E-state index in [-0.39, 0.29) is 29.9 Å². The molecular weight excluding hydrogens is 439 g/mol. The van der Waals surface area contributed by atoms with Gasteiger partial charge in [0.05, 0.1) is 6.54 Å². The smallest absolute Gasteiger partial charge is 0.253 e. The highest BCUT2D eigenvalue weighted by atomic mass is 127. The SMILES string of the molecule is CCNC(=NCc1ccc(C(=O)N(C)C)cc1)NCC1(C)CCCC1.I. The molecule has 2 N–H and O–H groups in total. The molecule has 5 nitrogen and oxygen atoms in total. The second-order valence-corrected chi connectivity index (χ2v) is 7.46. The molecule has 2 rings (SSSR count). The molecule has 6 heteroatoms. The van der Waals surface area contributed by atoms with Gasteiger partial charge in [-0.3, -0.25) is 4.79 Å². The predicted octanol–water partition coefficient (Wildman–Crippen LogP) is 3.64. The number of amides is 1. The molecule has 0 saturated heterocycles. The number of rotatable bonds is 6. The molecule has 26 heavy (non-hydrogen) atoms. The summed E-state index contributed by atoms with van der Waals surface area (Å²) < 4.78 is 0. The zero-order chi connectivity index (χ0) is 18.3. The molecule has 0 aromatic heterocycles. The number of hydrogen-bond donors (Lipinski definition) is 2. The van der Waals surface area contributed by atoms with E-state index in [0.717, 1.165) is 24.6 Å². The van der Waals surface area contributed by atoms with Crippen molar-refractivity contribution in [3.63, 3.8) is 0 Å². The van der Waals surface area contributed by atoms with Gasteiger partial charge in [0.15, 0.2) is 5.96 Å². The molecule has 1 amide bonds. The highest BCUT2D eigenvalue weighted by Gasteiger charge is 2.28. The highest BCUT2D eigenvalue weighted by molar-refractivity contribution is 14.0.